The SMILES string of the molecule is C[C@H](Cc1cccc(C(F)(F)F)c1)NN1CCOCC1. The van der Waals surface area contributed by atoms with E-state index in [1.807, 2.05) is 6.92 Å². The van der Waals surface area contributed by atoms with Gasteiger partial charge in [-0.1, -0.05) is 18.2 Å². The van der Waals surface area contributed by atoms with Crippen LogP contribution in [0.4, 0.5) is 13.2 Å². The monoisotopic (exact) mass is 288 g/mol. The molecule has 1 saturated heterocycles. The van der Waals surface area contributed by atoms with Crippen LogP contribution in [0.2, 0.25) is 0 Å². The average molecular weight is 288 g/mol. The number of ether oxygens (including phenoxy) is 1. The minimum Gasteiger partial charge on any atom is -0.379 e. The normalized spacial score (nSPS) is 19.0. The predicted octanol–water partition coefficient (Wildman–Crippen LogP) is 2.47. The summed E-state index contributed by atoms with van der Waals surface area (Å²) in [5, 5.41) is 2.06. The van der Waals surface area contributed by atoms with Gasteiger partial charge in [0.15, 0.2) is 0 Å². The van der Waals surface area contributed by atoms with Crippen molar-refractivity contribution in [3.8, 4) is 0 Å². The largest absolute Gasteiger partial charge is 0.416 e. The summed E-state index contributed by atoms with van der Waals surface area (Å²) in [6, 6.07) is 5.59. The van der Waals surface area contributed by atoms with Crippen LogP contribution in [0.3, 0.4) is 0 Å². The summed E-state index contributed by atoms with van der Waals surface area (Å²) >= 11 is 0. The van der Waals surface area contributed by atoms with Gasteiger partial charge in [-0.3, -0.25) is 5.43 Å². The van der Waals surface area contributed by atoms with Crippen molar-refractivity contribution in [2.45, 2.75) is 25.6 Å². The lowest BCUT2D eigenvalue weighted by Crippen LogP contribution is -2.49. The highest BCUT2D eigenvalue weighted by Crippen LogP contribution is 2.29. The summed E-state index contributed by atoms with van der Waals surface area (Å²) in [6.07, 6.45) is -3.72. The second kappa shape index (κ2) is 6.56. The van der Waals surface area contributed by atoms with Gasteiger partial charge in [0.25, 0.3) is 0 Å². The number of rotatable bonds is 4. The molecule has 0 amide bonds. The molecule has 1 aromatic rings. The number of hydrogen-bond acceptors (Lipinski definition) is 3. The van der Waals surface area contributed by atoms with E-state index in [9.17, 15) is 13.2 Å². The first-order valence-electron chi connectivity index (χ1n) is 6.70. The number of alkyl halides is 3. The highest BCUT2D eigenvalue weighted by atomic mass is 19.4. The summed E-state index contributed by atoms with van der Waals surface area (Å²) in [4.78, 5) is 0. The molecule has 0 spiro atoms. The van der Waals surface area contributed by atoms with Crippen molar-refractivity contribution in [3.05, 3.63) is 35.4 Å². The minimum atomic E-state index is -4.28. The number of hydrogen-bond donors (Lipinski definition) is 1. The third-order valence-corrected chi connectivity index (χ3v) is 3.21. The maximum Gasteiger partial charge on any atom is 0.416 e. The molecule has 1 aromatic carbocycles. The fourth-order valence-corrected chi connectivity index (χ4v) is 2.28. The molecule has 6 heteroatoms. The molecule has 1 atom stereocenters. The van der Waals surface area contributed by atoms with Gasteiger partial charge in [-0.15, -0.1) is 0 Å². The topological polar surface area (TPSA) is 24.5 Å². The van der Waals surface area contributed by atoms with E-state index in [1.54, 1.807) is 6.07 Å². The maximum atomic E-state index is 12.6. The zero-order valence-electron chi connectivity index (χ0n) is 11.4. The molecule has 1 aliphatic rings. The molecule has 1 fully saturated rings. The first-order chi connectivity index (χ1) is 9.45. The summed E-state index contributed by atoms with van der Waals surface area (Å²) in [6.45, 7) is 4.93. The smallest absolute Gasteiger partial charge is 0.379 e. The van der Waals surface area contributed by atoms with Crippen molar-refractivity contribution in [1.82, 2.24) is 10.4 Å². The van der Waals surface area contributed by atoms with E-state index in [4.69, 9.17) is 4.74 Å². The highest BCUT2D eigenvalue weighted by Gasteiger charge is 2.30. The summed E-state index contributed by atoms with van der Waals surface area (Å²) < 4.78 is 43.2. The van der Waals surface area contributed by atoms with E-state index >= 15 is 0 Å². The van der Waals surface area contributed by atoms with E-state index in [0.717, 1.165) is 19.2 Å². The van der Waals surface area contributed by atoms with Crippen molar-refractivity contribution >= 4 is 0 Å². The third-order valence-electron chi connectivity index (χ3n) is 3.21. The third kappa shape index (κ3) is 4.47. The quantitative estimate of drug-likeness (QED) is 0.921. The van der Waals surface area contributed by atoms with Crippen molar-refractivity contribution in [2.75, 3.05) is 26.3 Å². The molecule has 1 aliphatic heterocycles. The Bertz CT molecular complexity index is 431. The highest BCUT2D eigenvalue weighted by molar-refractivity contribution is 5.26. The van der Waals surface area contributed by atoms with E-state index < -0.39 is 11.7 Å². The Hall–Kier alpha value is -1.11. The Morgan fingerprint density at radius 2 is 2.00 bits per heavy atom. The van der Waals surface area contributed by atoms with Gasteiger partial charge < -0.3 is 4.74 Å². The van der Waals surface area contributed by atoms with Crippen molar-refractivity contribution in [3.63, 3.8) is 0 Å². The number of nitrogens with zero attached hydrogens (tertiary/aromatic N) is 1. The van der Waals surface area contributed by atoms with E-state index in [1.165, 1.54) is 12.1 Å². The van der Waals surface area contributed by atoms with Crippen molar-refractivity contribution in [1.29, 1.82) is 0 Å². The molecular formula is C14H19F3N2O. The lowest BCUT2D eigenvalue weighted by molar-refractivity contribution is -0.137. The summed E-state index contributed by atoms with van der Waals surface area (Å²) in [5.74, 6) is 0. The van der Waals surface area contributed by atoms with Crippen LogP contribution in [0.1, 0.15) is 18.1 Å². The van der Waals surface area contributed by atoms with Crippen LogP contribution in [-0.2, 0) is 17.3 Å². The van der Waals surface area contributed by atoms with Crippen LogP contribution in [0, 0.1) is 0 Å². The molecule has 2 rings (SSSR count). The summed E-state index contributed by atoms with van der Waals surface area (Å²) in [5.41, 5.74) is 3.40. The molecular weight excluding hydrogens is 269 g/mol. The van der Waals surface area contributed by atoms with E-state index in [-0.39, 0.29) is 6.04 Å². The van der Waals surface area contributed by atoms with Crippen LogP contribution < -0.4 is 5.43 Å². The van der Waals surface area contributed by atoms with Gasteiger partial charge >= 0.3 is 6.18 Å². The zero-order chi connectivity index (χ0) is 14.6. The van der Waals surface area contributed by atoms with Crippen LogP contribution in [0.5, 0.6) is 0 Å². The maximum absolute atomic E-state index is 12.6. The van der Waals surface area contributed by atoms with Crippen LogP contribution in [-0.4, -0.2) is 37.4 Å². The Morgan fingerprint density at radius 3 is 2.65 bits per heavy atom. The zero-order valence-corrected chi connectivity index (χ0v) is 11.4. The number of benzene rings is 1. The lowest BCUT2D eigenvalue weighted by atomic mass is 10.0. The Labute approximate surface area is 116 Å². The van der Waals surface area contributed by atoms with Crippen molar-refractivity contribution in [2.24, 2.45) is 0 Å². The Kier molecular flexibility index (Phi) is 5.01. The molecule has 112 valence electrons. The first-order valence-corrected chi connectivity index (χ1v) is 6.70. The fourth-order valence-electron chi connectivity index (χ4n) is 2.28. The molecule has 0 bridgehead atoms. The standard InChI is InChI=1S/C14H19F3N2O/c1-11(18-19-5-7-20-8-6-19)9-12-3-2-4-13(10-12)14(15,16)17/h2-4,10-11,18H,5-9H2,1H3/t11-/m1/s1. The molecule has 0 radical (unpaired) electrons. The molecule has 20 heavy (non-hydrogen) atoms. The molecule has 0 unspecified atom stereocenters. The van der Waals surface area contributed by atoms with Crippen molar-refractivity contribution < 1.29 is 17.9 Å². The lowest BCUT2D eigenvalue weighted by Gasteiger charge is -2.30. The molecule has 3 nitrogen and oxygen atoms in total. The van der Waals surface area contributed by atoms with Crippen LogP contribution >= 0.6 is 0 Å². The van der Waals surface area contributed by atoms with Gasteiger partial charge in [-0.05, 0) is 25.0 Å². The fraction of sp³-hybridized carbons (Fsp3) is 0.571. The van der Waals surface area contributed by atoms with Gasteiger partial charge in [0.1, 0.15) is 0 Å². The average Bonchev–Trinajstić information content (AvgIpc) is 2.39. The predicted molar refractivity (Wildman–Crippen MR) is 70.1 cm³/mol. The van der Waals surface area contributed by atoms with Gasteiger partial charge in [0, 0.05) is 19.1 Å². The van der Waals surface area contributed by atoms with E-state index in [0.29, 0.717) is 25.2 Å². The summed E-state index contributed by atoms with van der Waals surface area (Å²) in [7, 11) is 0. The number of hydrazine groups is 1. The van der Waals surface area contributed by atoms with E-state index in [2.05, 4.69) is 10.4 Å². The van der Waals surface area contributed by atoms with Gasteiger partial charge in [-0.2, -0.15) is 13.2 Å². The second-order valence-corrected chi connectivity index (χ2v) is 5.03. The molecule has 0 saturated carbocycles. The second-order valence-electron chi connectivity index (χ2n) is 5.03. The minimum absolute atomic E-state index is 0.0802. The van der Waals surface area contributed by atoms with Gasteiger partial charge in [-0.25, -0.2) is 5.01 Å². The van der Waals surface area contributed by atoms with Crippen LogP contribution in [0.15, 0.2) is 24.3 Å². The molecule has 0 aliphatic carbocycles. The molecule has 1 N–H and O–H groups in total. The Morgan fingerprint density at radius 1 is 1.30 bits per heavy atom. The van der Waals surface area contributed by atoms with Gasteiger partial charge in [0.2, 0.25) is 0 Å². The van der Waals surface area contributed by atoms with Crippen LogP contribution in [0.25, 0.3) is 0 Å². The Balaban J connectivity index is 1.92. The first kappa shape index (κ1) is 15.3. The van der Waals surface area contributed by atoms with Gasteiger partial charge in [0.05, 0.1) is 18.8 Å². The molecule has 0 aromatic heterocycles. The number of halogens is 3. The number of nitrogens with one attached hydrogen (secondary N) is 1. The number of morpholine rings is 1. The molecule has 1 heterocycles.